The van der Waals surface area contributed by atoms with Gasteiger partial charge in [0.15, 0.2) is 0 Å². The number of benzene rings is 1. The lowest BCUT2D eigenvalue weighted by Gasteiger charge is -2.30. The van der Waals surface area contributed by atoms with E-state index in [0.29, 0.717) is 12.1 Å². The maximum absolute atomic E-state index is 12.4. The number of hydrogen-bond acceptors (Lipinski definition) is 3. The molecule has 1 amide bonds. The van der Waals surface area contributed by atoms with Crippen molar-refractivity contribution in [2.75, 3.05) is 13.1 Å². The molecule has 1 aliphatic rings. The molecule has 0 spiro atoms. The van der Waals surface area contributed by atoms with Gasteiger partial charge in [-0.2, -0.15) is 0 Å². The normalized spacial score (nSPS) is 19.6. The van der Waals surface area contributed by atoms with E-state index in [2.05, 4.69) is 0 Å². The molecule has 2 N–H and O–H groups in total. The Bertz CT molecular complexity index is 446. The smallest absolute Gasteiger partial charge is 0.254 e. The van der Waals surface area contributed by atoms with Gasteiger partial charge in [0, 0.05) is 24.7 Å². The minimum absolute atomic E-state index is 0.0457. The zero-order valence-electron chi connectivity index (χ0n) is 11.6. The van der Waals surface area contributed by atoms with Crippen LogP contribution in [-0.2, 0) is 0 Å². The molecule has 1 unspecified atom stereocenters. The molecule has 1 aromatic carbocycles. The van der Waals surface area contributed by atoms with E-state index in [0.717, 1.165) is 25.1 Å². The second kappa shape index (κ2) is 6.06. The van der Waals surface area contributed by atoms with Crippen molar-refractivity contribution < 1.29 is 9.53 Å². The largest absolute Gasteiger partial charge is 0.491 e. The minimum atomic E-state index is 0.0457. The molecule has 1 heterocycles. The van der Waals surface area contributed by atoms with Gasteiger partial charge >= 0.3 is 0 Å². The van der Waals surface area contributed by atoms with Gasteiger partial charge in [-0.15, -0.1) is 0 Å². The van der Waals surface area contributed by atoms with Crippen LogP contribution in [0.1, 0.15) is 37.0 Å². The SMILES string of the molecule is CC(C)Oc1cccc(C(=O)N2CCCC(N)C2)c1. The topological polar surface area (TPSA) is 55.6 Å². The molecular formula is C15H22N2O2. The van der Waals surface area contributed by atoms with Crippen molar-refractivity contribution in [3.05, 3.63) is 29.8 Å². The van der Waals surface area contributed by atoms with E-state index in [1.807, 2.05) is 43.0 Å². The Morgan fingerprint density at radius 3 is 2.95 bits per heavy atom. The number of carbonyl (C=O) groups excluding carboxylic acids is 1. The Hall–Kier alpha value is -1.55. The van der Waals surface area contributed by atoms with E-state index >= 15 is 0 Å². The predicted molar refractivity (Wildman–Crippen MR) is 75.3 cm³/mol. The molecular weight excluding hydrogens is 240 g/mol. The number of piperidine rings is 1. The van der Waals surface area contributed by atoms with Gasteiger partial charge < -0.3 is 15.4 Å². The molecule has 19 heavy (non-hydrogen) atoms. The summed E-state index contributed by atoms with van der Waals surface area (Å²) in [5, 5.41) is 0. The average Bonchev–Trinajstić information content (AvgIpc) is 2.37. The second-order valence-corrected chi connectivity index (χ2v) is 5.35. The van der Waals surface area contributed by atoms with Crippen LogP contribution in [0.4, 0.5) is 0 Å². The molecule has 2 rings (SSSR count). The highest BCUT2D eigenvalue weighted by Crippen LogP contribution is 2.18. The summed E-state index contributed by atoms with van der Waals surface area (Å²) in [7, 11) is 0. The summed E-state index contributed by atoms with van der Waals surface area (Å²) in [6.07, 6.45) is 2.09. The quantitative estimate of drug-likeness (QED) is 0.907. The Labute approximate surface area is 114 Å². The number of amides is 1. The fourth-order valence-corrected chi connectivity index (χ4v) is 2.35. The van der Waals surface area contributed by atoms with Crippen LogP contribution in [0.15, 0.2) is 24.3 Å². The van der Waals surface area contributed by atoms with Crippen LogP contribution in [0.25, 0.3) is 0 Å². The molecule has 0 saturated carbocycles. The fraction of sp³-hybridized carbons (Fsp3) is 0.533. The summed E-state index contributed by atoms with van der Waals surface area (Å²) in [5.41, 5.74) is 6.59. The number of carbonyl (C=O) groups is 1. The van der Waals surface area contributed by atoms with Gasteiger partial charge in [-0.3, -0.25) is 4.79 Å². The second-order valence-electron chi connectivity index (χ2n) is 5.35. The molecule has 1 aliphatic heterocycles. The summed E-state index contributed by atoms with van der Waals surface area (Å²) in [6.45, 7) is 5.38. The van der Waals surface area contributed by atoms with Gasteiger partial charge in [0.1, 0.15) is 5.75 Å². The first-order valence-corrected chi connectivity index (χ1v) is 6.88. The van der Waals surface area contributed by atoms with Crippen LogP contribution < -0.4 is 10.5 Å². The Kier molecular flexibility index (Phi) is 4.43. The van der Waals surface area contributed by atoms with Crippen molar-refractivity contribution in [2.24, 2.45) is 5.73 Å². The van der Waals surface area contributed by atoms with Crippen LogP contribution in [0.3, 0.4) is 0 Å². The molecule has 0 aromatic heterocycles. The van der Waals surface area contributed by atoms with Crippen LogP contribution in [-0.4, -0.2) is 36.0 Å². The Balaban J connectivity index is 2.10. The highest BCUT2D eigenvalue weighted by molar-refractivity contribution is 5.94. The van der Waals surface area contributed by atoms with Crippen molar-refractivity contribution in [2.45, 2.75) is 38.8 Å². The molecule has 1 atom stereocenters. The van der Waals surface area contributed by atoms with E-state index in [9.17, 15) is 4.79 Å². The van der Waals surface area contributed by atoms with Crippen molar-refractivity contribution >= 4 is 5.91 Å². The highest BCUT2D eigenvalue weighted by Gasteiger charge is 2.22. The van der Waals surface area contributed by atoms with Crippen molar-refractivity contribution in [3.8, 4) is 5.75 Å². The summed E-state index contributed by atoms with van der Waals surface area (Å²) in [6, 6.07) is 7.47. The lowest BCUT2D eigenvalue weighted by atomic mass is 10.1. The van der Waals surface area contributed by atoms with Crippen molar-refractivity contribution in [1.29, 1.82) is 0 Å². The number of rotatable bonds is 3. The molecule has 0 bridgehead atoms. The third-order valence-corrected chi connectivity index (χ3v) is 3.20. The maximum Gasteiger partial charge on any atom is 0.254 e. The monoisotopic (exact) mass is 262 g/mol. The van der Waals surface area contributed by atoms with Gasteiger partial charge in [-0.05, 0) is 44.9 Å². The molecule has 104 valence electrons. The van der Waals surface area contributed by atoms with Gasteiger partial charge in [0.2, 0.25) is 0 Å². The van der Waals surface area contributed by atoms with Crippen LogP contribution in [0, 0.1) is 0 Å². The van der Waals surface area contributed by atoms with E-state index in [4.69, 9.17) is 10.5 Å². The Morgan fingerprint density at radius 1 is 1.47 bits per heavy atom. The average molecular weight is 262 g/mol. The van der Waals surface area contributed by atoms with E-state index in [1.54, 1.807) is 0 Å². The van der Waals surface area contributed by atoms with Crippen LogP contribution >= 0.6 is 0 Å². The number of nitrogens with two attached hydrogens (primary N) is 1. The lowest BCUT2D eigenvalue weighted by Crippen LogP contribution is -2.45. The third-order valence-electron chi connectivity index (χ3n) is 3.20. The van der Waals surface area contributed by atoms with Gasteiger partial charge in [-0.25, -0.2) is 0 Å². The number of ether oxygens (including phenoxy) is 1. The lowest BCUT2D eigenvalue weighted by molar-refractivity contribution is 0.0708. The van der Waals surface area contributed by atoms with E-state index in [1.165, 1.54) is 0 Å². The first-order valence-electron chi connectivity index (χ1n) is 6.88. The highest BCUT2D eigenvalue weighted by atomic mass is 16.5. The molecule has 4 nitrogen and oxygen atoms in total. The van der Waals surface area contributed by atoms with Crippen LogP contribution in [0.5, 0.6) is 5.75 Å². The molecule has 4 heteroatoms. The van der Waals surface area contributed by atoms with Crippen LogP contribution in [0.2, 0.25) is 0 Å². The Morgan fingerprint density at radius 2 is 2.26 bits per heavy atom. The minimum Gasteiger partial charge on any atom is -0.491 e. The molecule has 1 saturated heterocycles. The maximum atomic E-state index is 12.4. The summed E-state index contributed by atoms with van der Waals surface area (Å²) in [5.74, 6) is 0.784. The van der Waals surface area contributed by atoms with Crippen molar-refractivity contribution in [1.82, 2.24) is 4.90 Å². The summed E-state index contributed by atoms with van der Waals surface area (Å²) >= 11 is 0. The van der Waals surface area contributed by atoms with Gasteiger partial charge in [-0.1, -0.05) is 6.07 Å². The zero-order valence-corrected chi connectivity index (χ0v) is 11.6. The summed E-state index contributed by atoms with van der Waals surface area (Å²) in [4.78, 5) is 14.2. The van der Waals surface area contributed by atoms with Gasteiger partial charge in [0.25, 0.3) is 5.91 Å². The molecule has 1 fully saturated rings. The van der Waals surface area contributed by atoms with Crippen molar-refractivity contribution in [3.63, 3.8) is 0 Å². The standard InChI is InChI=1S/C15H22N2O2/c1-11(2)19-14-7-3-5-12(9-14)15(18)17-8-4-6-13(16)10-17/h3,5,7,9,11,13H,4,6,8,10,16H2,1-2H3. The third kappa shape index (κ3) is 3.70. The van der Waals surface area contributed by atoms with E-state index in [-0.39, 0.29) is 18.1 Å². The zero-order chi connectivity index (χ0) is 13.8. The van der Waals surface area contributed by atoms with Gasteiger partial charge in [0.05, 0.1) is 6.10 Å². The molecule has 0 radical (unpaired) electrons. The molecule has 0 aliphatic carbocycles. The molecule has 1 aromatic rings. The number of nitrogens with zero attached hydrogens (tertiary/aromatic N) is 1. The fourth-order valence-electron chi connectivity index (χ4n) is 2.35. The summed E-state index contributed by atoms with van der Waals surface area (Å²) < 4.78 is 5.62. The number of likely N-dealkylation sites (tertiary alicyclic amines) is 1. The first-order chi connectivity index (χ1) is 9.06. The number of hydrogen-bond donors (Lipinski definition) is 1. The first kappa shape index (κ1) is 13.9. The van der Waals surface area contributed by atoms with E-state index < -0.39 is 0 Å². The predicted octanol–water partition coefficient (Wildman–Crippen LogP) is 2.04.